The van der Waals surface area contributed by atoms with Gasteiger partial charge in [-0.2, -0.15) is 0 Å². The van der Waals surface area contributed by atoms with Crippen LogP contribution in [-0.4, -0.2) is 12.6 Å². The molecule has 0 fully saturated rings. The second kappa shape index (κ2) is 6.77. The van der Waals surface area contributed by atoms with E-state index >= 15 is 0 Å². The number of unbranched alkanes of at least 4 members (excludes halogenated alkanes) is 1. The second-order valence-electron chi connectivity index (χ2n) is 5.83. The van der Waals surface area contributed by atoms with Crippen molar-refractivity contribution in [2.24, 2.45) is 11.3 Å². The maximum Gasteiger partial charge on any atom is 0.330 e. The summed E-state index contributed by atoms with van der Waals surface area (Å²) in [5.74, 6) is 0.141. The highest BCUT2D eigenvalue weighted by Crippen LogP contribution is 2.41. The summed E-state index contributed by atoms with van der Waals surface area (Å²) in [6.45, 7) is 9.30. The van der Waals surface area contributed by atoms with Crippen LogP contribution < -0.4 is 0 Å². The van der Waals surface area contributed by atoms with E-state index < -0.39 is 0 Å². The number of hydrogen-bond donors (Lipinski definition) is 0. The van der Waals surface area contributed by atoms with Crippen LogP contribution in [0.5, 0.6) is 0 Å². The van der Waals surface area contributed by atoms with Crippen molar-refractivity contribution in [1.29, 1.82) is 0 Å². The van der Waals surface area contributed by atoms with Crippen molar-refractivity contribution >= 4 is 5.97 Å². The van der Waals surface area contributed by atoms with E-state index in [9.17, 15) is 4.79 Å². The minimum Gasteiger partial charge on any atom is -0.463 e. The smallest absolute Gasteiger partial charge is 0.330 e. The summed E-state index contributed by atoms with van der Waals surface area (Å²) in [5, 5.41) is 0. The van der Waals surface area contributed by atoms with E-state index in [4.69, 9.17) is 4.74 Å². The molecule has 0 amide bonds. The lowest BCUT2D eigenvalue weighted by atomic mass is 9.68. The molecular weight excluding hydrogens is 224 g/mol. The molecule has 0 aromatic carbocycles. The van der Waals surface area contributed by atoms with E-state index in [-0.39, 0.29) is 11.4 Å². The summed E-state index contributed by atoms with van der Waals surface area (Å²) in [4.78, 5) is 11.5. The molecule has 0 saturated carbocycles. The van der Waals surface area contributed by atoms with Crippen LogP contribution in [0.15, 0.2) is 23.8 Å². The molecular formula is C16H26O2. The van der Waals surface area contributed by atoms with Crippen LogP contribution in [0.3, 0.4) is 0 Å². The summed E-state index contributed by atoms with van der Waals surface area (Å²) >= 11 is 0. The van der Waals surface area contributed by atoms with Crippen molar-refractivity contribution in [3.63, 3.8) is 0 Å². The Morgan fingerprint density at radius 3 is 2.89 bits per heavy atom. The number of allylic oxidation sites excluding steroid dienone is 3. The Morgan fingerprint density at radius 2 is 2.28 bits per heavy atom. The zero-order valence-corrected chi connectivity index (χ0v) is 12.2. The first-order chi connectivity index (χ1) is 8.47. The Bertz CT molecular complexity index is 337. The summed E-state index contributed by atoms with van der Waals surface area (Å²) in [5.41, 5.74) is 1.60. The molecule has 2 heteroatoms. The monoisotopic (exact) mass is 250 g/mol. The first-order valence-electron chi connectivity index (χ1n) is 6.99. The largest absolute Gasteiger partial charge is 0.463 e. The van der Waals surface area contributed by atoms with Crippen molar-refractivity contribution in [3.05, 3.63) is 23.8 Å². The van der Waals surface area contributed by atoms with Gasteiger partial charge in [0.15, 0.2) is 0 Å². The molecule has 0 heterocycles. The topological polar surface area (TPSA) is 26.3 Å². The SMILES string of the molecule is CCCCOC(=O)/C=C/C1C(C)=CCCC1(C)C. The molecule has 0 saturated heterocycles. The first-order valence-corrected chi connectivity index (χ1v) is 6.99. The second-order valence-corrected chi connectivity index (χ2v) is 5.83. The van der Waals surface area contributed by atoms with E-state index in [1.807, 2.05) is 6.08 Å². The van der Waals surface area contributed by atoms with Gasteiger partial charge in [0.2, 0.25) is 0 Å². The average molecular weight is 250 g/mol. The highest BCUT2D eigenvalue weighted by atomic mass is 16.5. The summed E-state index contributed by atoms with van der Waals surface area (Å²) < 4.78 is 5.13. The van der Waals surface area contributed by atoms with Gasteiger partial charge in [-0.1, -0.05) is 44.9 Å². The molecule has 1 rings (SSSR count). The number of ether oxygens (including phenoxy) is 1. The van der Waals surface area contributed by atoms with Gasteiger partial charge in [-0.05, 0) is 31.6 Å². The number of carbonyl (C=O) groups is 1. The molecule has 18 heavy (non-hydrogen) atoms. The van der Waals surface area contributed by atoms with Crippen LogP contribution in [0, 0.1) is 11.3 Å². The van der Waals surface area contributed by atoms with Gasteiger partial charge in [0.1, 0.15) is 0 Å². The number of carbonyl (C=O) groups excluding carboxylic acids is 1. The molecule has 2 nitrogen and oxygen atoms in total. The molecule has 0 bridgehead atoms. The number of hydrogen-bond acceptors (Lipinski definition) is 2. The summed E-state index contributed by atoms with van der Waals surface area (Å²) in [6.07, 6.45) is 10.2. The van der Waals surface area contributed by atoms with Gasteiger partial charge in [-0.25, -0.2) is 4.79 Å². The molecule has 0 spiro atoms. The predicted molar refractivity (Wildman–Crippen MR) is 75.3 cm³/mol. The molecule has 1 atom stereocenters. The van der Waals surface area contributed by atoms with Crippen LogP contribution in [0.4, 0.5) is 0 Å². The molecule has 1 unspecified atom stereocenters. The van der Waals surface area contributed by atoms with Crippen molar-refractivity contribution in [1.82, 2.24) is 0 Å². The predicted octanol–water partition coefficient (Wildman–Crippen LogP) is 4.27. The lowest BCUT2D eigenvalue weighted by molar-refractivity contribution is -0.137. The normalized spacial score (nSPS) is 22.9. The quantitative estimate of drug-likeness (QED) is 0.315. The zero-order chi connectivity index (χ0) is 13.6. The fraction of sp³-hybridized carbons (Fsp3) is 0.688. The average Bonchev–Trinajstić information content (AvgIpc) is 2.28. The van der Waals surface area contributed by atoms with Gasteiger partial charge in [-0.15, -0.1) is 0 Å². The lowest BCUT2D eigenvalue weighted by Crippen LogP contribution is -2.26. The Balaban J connectivity index is 2.56. The van der Waals surface area contributed by atoms with Crippen LogP contribution in [-0.2, 0) is 9.53 Å². The first kappa shape index (κ1) is 15.0. The van der Waals surface area contributed by atoms with Gasteiger partial charge >= 0.3 is 5.97 Å². The van der Waals surface area contributed by atoms with Gasteiger partial charge < -0.3 is 4.74 Å². The Kier molecular flexibility index (Phi) is 5.64. The molecule has 0 aliphatic heterocycles. The third-order valence-corrected chi connectivity index (χ3v) is 3.75. The highest BCUT2D eigenvalue weighted by Gasteiger charge is 2.30. The fourth-order valence-electron chi connectivity index (χ4n) is 2.52. The van der Waals surface area contributed by atoms with Crippen LogP contribution >= 0.6 is 0 Å². The third kappa shape index (κ3) is 4.32. The minimum atomic E-state index is -0.211. The zero-order valence-electron chi connectivity index (χ0n) is 12.2. The van der Waals surface area contributed by atoms with Crippen molar-refractivity contribution in [3.8, 4) is 0 Å². The van der Waals surface area contributed by atoms with E-state index in [1.165, 1.54) is 12.0 Å². The van der Waals surface area contributed by atoms with Gasteiger partial charge in [-0.3, -0.25) is 0 Å². The highest BCUT2D eigenvalue weighted by molar-refractivity contribution is 5.82. The van der Waals surface area contributed by atoms with Crippen molar-refractivity contribution < 1.29 is 9.53 Å². The van der Waals surface area contributed by atoms with E-state index in [2.05, 4.69) is 33.8 Å². The molecule has 1 aliphatic carbocycles. The van der Waals surface area contributed by atoms with E-state index in [0.717, 1.165) is 19.3 Å². The van der Waals surface area contributed by atoms with Gasteiger partial charge in [0.05, 0.1) is 6.61 Å². The van der Waals surface area contributed by atoms with Gasteiger partial charge in [0.25, 0.3) is 0 Å². The maximum atomic E-state index is 11.5. The number of esters is 1. The number of rotatable bonds is 5. The third-order valence-electron chi connectivity index (χ3n) is 3.75. The van der Waals surface area contributed by atoms with Gasteiger partial charge in [0, 0.05) is 12.0 Å². The van der Waals surface area contributed by atoms with E-state index in [0.29, 0.717) is 12.5 Å². The molecule has 0 aromatic rings. The minimum absolute atomic E-state index is 0.211. The van der Waals surface area contributed by atoms with Crippen LogP contribution in [0.2, 0.25) is 0 Å². The van der Waals surface area contributed by atoms with Crippen LogP contribution in [0.25, 0.3) is 0 Å². The van der Waals surface area contributed by atoms with Crippen molar-refractivity contribution in [2.75, 3.05) is 6.61 Å². The van der Waals surface area contributed by atoms with E-state index in [1.54, 1.807) is 6.08 Å². The molecule has 0 N–H and O–H groups in total. The molecule has 1 aliphatic rings. The fourth-order valence-corrected chi connectivity index (χ4v) is 2.52. The Hall–Kier alpha value is -1.05. The standard InChI is InChI=1S/C16H26O2/c1-5-6-12-18-15(17)10-9-14-13(2)8-7-11-16(14,3)4/h8-10,14H,5-7,11-12H2,1-4H3/b10-9+. The summed E-state index contributed by atoms with van der Waals surface area (Å²) in [7, 11) is 0. The molecule has 0 aromatic heterocycles. The molecule has 0 radical (unpaired) electrons. The van der Waals surface area contributed by atoms with Crippen LogP contribution in [0.1, 0.15) is 53.4 Å². The molecule has 102 valence electrons. The Morgan fingerprint density at radius 1 is 1.56 bits per heavy atom. The summed E-state index contributed by atoms with van der Waals surface area (Å²) in [6, 6.07) is 0. The lowest BCUT2D eigenvalue weighted by Gasteiger charge is -2.36. The van der Waals surface area contributed by atoms with Crippen molar-refractivity contribution in [2.45, 2.75) is 53.4 Å². The Labute approximate surface area is 111 Å². The maximum absolute atomic E-state index is 11.5.